The lowest BCUT2D eigenvalue weighted by molar-refractivity contribution is -0.137. The van der Waals surface area contributed by atoms with E-state index in [-0.39, 0.29) is 28.9 Å². The van der Waals surface area contributed by atoms with Gasteiger partial charge in [-0.25, -0.2) is 14.6 Å². The molecule has 2 heterocycles. The van der Waals surface area contributed by atoms with Gasteiger partial charge in [0, 0.05) is 18.4 Å². The summed E-state index contributed by atoms with van der Waals surface area (Å²) in [7, 11) is 1.31. The SMILES string of the molecule is CCOC(=O)c1cc(C)nc2c1c(=O)n(CC(=O)Nc1cccc(C(F)(F)F)c1)c(=O)n2C. The minimum Gasteiger partial charge on any atom is -0.462 e. The van der Waals surface area contributed by atoms with Crippen molar-refractivity contribution in [2.45, 2.75) is 26.6 Å². The smallest absolute Gasteiger partial charge is 0.416 e. The number of nitrogens with zero attached hydrogens (tertiary/aromatic N) is 3. The number of benzene rings is 1. The van der Waals surface area contributed by atoms with E-state index >= 15 is 0 Å². The standard InChI is InChI=1S/C21H19F3N4O5/c1-4-33-19(31)14-8-11(2)25-17-16(14)18(30)28(20(32)27(17)3)10-15(29)26-13-7-5-6-12(9-13)21(22,23)24/h5-9H,4,10H2,1-3H3,(H,26,29). The Morgan fingerprint density at radius 1 is 1.18 bits per heavy atom. The Kier molecular flexibility index (Phi) is 6.38. The van der Waals surface area contributed by atoms with Gasteiger partial charge < -0.3 is 10.1 Å². The molecule has 1 aromatic carbocycles. The molecule has 0 radical (unpaired) electrons. The lowest BCUT2D eigenvalue weighted by Gasteiger charge is -2.14. The van der Waals surface area contributed by atoms with Gasteiger partial charge in [0.25, 0.3) is 5.56 Å². The zero-order chi connectivity index (χ0) is 24.5. The zero-order valence-electron chi connectivity index (χ0n) is 17.8. The number of aryl methyl sites for hydroxylation is 2. The van der Waals surface area contributed by atoms with Crippen LogP contribution in [0, 0.1) is 6.92 Å². The Morgan fingerprint density at radius 2 is 1.88 bits per heavy atom. The number of carbonyl (C=O) groups is 2. The van der Waals surface area contributed by atoms with Crippen LogP contribution in [-0.4, -0.2) is 32.6 Å². The van der Waals surface area contributed by atoms with Crippen LogP contribution in [0.5, 0.6) is 0 Å². The number of anilines is 1. The van der Waals surface area contributed by atoms with E-state index in [4.69, 9.17) is 4.74 Å². The van der Waals surface area contributed by atoms with Gasteiger partial charge in [-0.2, -0.15) is 13.2 Å². The third-order valence-corrected chi connectivity index (χ3v) is 4.69. The van der Waals surface area contributed by atoms with Crippen molar-refractivity contribution in [3.63, 3.8) is 0 Å². The van der Waals surface area contributed by atoms with Crippen molar-refractivity contribution < 1.29 is 27.5 Å². The number of carbonyl (C=O) groups excluding carboxylic acids is 2. The molecule has 0 saturated carbocycles. The molecule has 3 aromatic rings. The quantitative estimate of drug-likeness (QED) is 0.580. The van der Waals surface area contributed by atoms with E-state index in [0.29, 0.717) is 10.3 Å². The normalized spacial score (nSPS) is 11.5. The minimum atomic E-state index is -4.61. The van der Waals surface area contributed by atoms with E-state index in [1.807, 2.05) is 0 Å². The van der Waals surface area contributed by atoms with Crippen LogP contribution in [0.15, 0.2) is 39.9 Å². The van der Waals surface area contributed by atoms with Crippen LogP contribution >= 0.6 is 0 Å². The van der Waals surface area contributed by atoms with Crippen molar-refractivity contribution in [1.29, 1.82) is 0 Å². The molecule has 0 bridgehead atoms. The van der Waals surface area contributed by atoms with Gasteiger partial charge in [0.1, 0.15) is 12.2 Å². The predicted octanol–water partition coefficient (Wildman–Crippen LogP) is 2.24. The molecular weight excluding hydrogens is 445 g/mol. The number of aromatic nitrogens is 3. The average molecular weight is 464 g/mol. The molecule has 0 fully saturated rings. The number of ether oxygens (including phenoxy) is 1. The largest absolute Gasteiger partial charge is 0.462 e. The molecule has 33 heavy (non-hydrogen) atoms. The summed E-state index contributed by atoms with van der Waals surface area (Å²) < 4.78 is 45.2. The van der Waals surface area contributed by atoms with E-state index in [2.05, 4.69) is 10.3 Å². The second-order valence-electron chi connectivity index (χ2n) is 7.09. The summed E-state index contributed by atoms with van der Waals surface area (Å²) in [5, 5.41) is 2.02. The second-order valence-corrected chi connectivity index (χ2v) is 7.09. The fourth-order valence-electron chi connectivity index (χ4n) is 3.23. The summed E-state index contributed by atoms with van der Waals surface area (Å²) in [6.45, 7) is 2.40. The summed E-state index contributed by atoms with van der Waals surface area (Å²) in [5.74, 6) is -1.71. The number of pyridine rings is 1. The third kappa shape index (κ3) is 4.78. The number of hydrogen-bond acceptors (Lipinski definition) is 6. The Labute approximate surface area is 184 Å². The van der Waals surface area contributed by atoms with E-state index in [1.165, 1.54) is 19.2 Å². The molecule has 1 amide bonds. The summed E-state index contributed by atoms with van der Waals surface area (Å²) in [5.41, 5.74) is -2.80. The van der Waals surface area contributed by atoms with Gasteiger partial charge >= 0.3 is 17.8 Å². The fraction of sp³-hybridized carbons (Fsp3) is 0.286. The van der Waals surface area contributed by atoms with Gasteiger partial charge in [-0.05, 0) is 38.1 Å². The lowest BCUT2D eigenvalue weighted by atomic mass is 10.1. The highest BCUT2D eigenvalue weighted by molar-refractivity contribution is 6.02. The highest BCUT2D eigenvalue weighted by atomic mass is 19.4. The Hall–Kier alpha value is -3.96. The molecule has 174 valence electrons. The molecule has 9 nitrogen and oxygen atoms in total. The van der Waals surface area contributed by atoms with Crippen LogP contribution in [0.1, 0.15) is 28.5 Å². The Morgan fingerprint density at radius 3 is 2.52 bits per heavy atom. The molecule has 0 saturated heterocycles. The third-order valence-electron chi connectivity index (χ3n) is 4.69. The van der Waals surface area contributed by atoms with E-state index in [0.717, 1.165) is 22.8 Å². The number of amides is 1. The number of nitrogens with one attached hydrogen (secondary N) is 1. The van der Waals surface area contributed by atoms with E-state index in [1.54, 1.807) is 13.8 Å². The second kappa shape index (κ2) is 8.88. The first-order valence-corrected chi connectivity index (χ1v) is 9.69. The van der Waals surface area contributed by atoms with Gasteiger partial charge in [0.2, 0.25) is 5.91 Å². The molecule has 0 atom stereocenters. The lowest BCUT2D eigenvalue weighted by Crippen LogP contribution is -2.42. The van der Waals surface area contributed by atoms with Crippen LogP contribution in [0.3, 0.4) is 0 Å². The van der Waals surface area contributed by atoms with Crippen LogP contribution in [0.4, 0.5) is 18.9 Å². The summed E-state index contributed by atoms with van der Waals surface area (Å²) in [4.78, 5) is 54.8. The van der Waals surface area contributed by atoms with Gasteiger partial charge in [-0.1, -0.05) is 6.07 Å². The van der Waals surface area contributed by atoms with Crippen molar-refractivity contribution in [2.75, 3.05) is 11.9 Å². The minimum absolute atomic E-state index is 0.0427. The van der Waals surface area contributed by atoms with Crippen molar-refractivity contribution >= 4 is 28.6 Å². The first kappa shape index (κ1) is 23.7. The number of hydrogen-bond donors (Lipinski definition) is 1. The van der Waals surface area contributed by atoms with E-state index in [9.17, 15) is 32.3 Å². The number of rotatable bonds is 5. The topological polar surface area (TPSA) is 112 Å². The molecule has 3 rings (SSSR count). The summed E-state index contributed by atoms with van der Waals surface area (Å²) in [6, 6.07) is 5.24. The van der Waals surface area contributed by atoms with Gasteiger partial charge in [0.15, 0.2) is 0 Å². The molecule has 0 aliphatic rings. The van der Waals surface area contributed by atoms with Crippen LogP contribution in [-0.2, 0) is 29.3 Å². The van der Waals surface area contributed by atoms with Gasteiger partial charge in [-0.3, -0.25) is 18.7 Å². The molecule has 0 spiro atoms. The van der Waals surface area contributed by atoms with Crippen LogP contribution in [0.25, 0.3) is 11.0 Å². The highest BCUT2D eigenvalue weighted by Crippen LogP contribution is 2.30. The summed E-state index contributed by atoms with van der Waals surface area (Å²) >= 11 is 0. The Balaban J connectivity index is 2.05. The maximum Gasteiger partial charge on any atom is 0.416 e. The summed E-state index contributed by atoms with van der Waals surface area (Å²) in [6.07, 6.45) is -4.61. The Bertz CT molecular complexity index is 1380. The van der Waals surface area contributed by atoms with Crippen molar-refractivity contribution in [1.82, 2.24) is 14.1 Å². The molecule has 0 unspecified atom stereocenters. The van der Waals surface area contributed by atoms with Crippen LogP contribution in [0.2, 0.25) is 0 Å². The monoisotopic (exact) mass is 464 g/mol. The fourth-order valence-corrected chi connectivity index (χ4v) is 3.23. The van der Waals surface area contributed by atoms with Gasteiger partial charge in [0.05, 0.1) is 23.1 Å². The zero-order valence-corrected chi connectivity index (χ0v) is 17.8. The van der Waals surface area contributed by atoms with E-state index < -0.39 is 41.4 Å². The van der Waals surface area contributed by atoms with Crippen LogP contribution < -0.4 is 16.6 Å². The first-order chi connectivity index (χ1) is 15.4. The maximum atomic E-state index is 13.1. The van der Waals surface area contributed by atoms with Crippen molar-refractivity contribution in [3.8, 4) is 0 Å². The number of esters is 1. The number of alkyl halides is 3. The highest BCUT2D eigenvalue weighted by Gasteiger charge is 2.30. The molecule has 2 aromatic heterocycles. The maximum absolute atomic E-state index is 13.1. The molecular formula is C21H19F3N4O5. The number of fused-ring (bicyclic) bond motifs is 1. The molecule has 0 aliphatic carbocycles. The molecule has 0 aliphatic heterocycles. The van der Waals surface area contributed by atoms with Gasteiger partial charge in [-0.15, -0.1) is 0 Å². The molecule has 1 N–H and O–H groups in total. The predicted molar refractivity (Wildman–Crippen MR) is 112 cm³/mol. The number of halogens is 3. The first-order valence-electron chi connectivity index (χ1n) is 9.69. The van der Waals surface area contributed by atoms with Crippen molar-refractivity contribution in [2.24, 2.45) is 7.05 Å². The molecule has 12 heteroatoms. The van der Waals surface area contributed by atoms with Crippen molar-refractivity contribution in [3.05, 3.63) is 68.0 Å². The average Bonchev–Trinajstić information content (AvgIpc) is 2.74.